The summed E-state index contributed by atoms with van der Waals surface area (Å²) in [4.78, 5) is 28.8. The molecule has 1 N–H and O–H groups in total. The van der Waals surface area contributed by atoms with E-state index < -0.39 is 40.2 Å². The summed E-state index contributed by atoms with van der Waals surface area (Å²) in [6.07, 6.45) is 1.07. The summed E-state index contributed by atoms with van der Waals surface area (Å²) in [6, 6.07) is 16.0. The highest BCUT2D eigenvalue weighted by Gasteiger charge is 2.33. The number of nitrogens with zero attached hydrogens (tertiary/aromatic N) is 2. The number of hydrogen-bond donors (Lipinski definition) is 1. The topological polar surface area (TPSA) is 86.8 Å². The molecule has 40 heavy (non-hydrogen) atoms. The van der Waals surface area contributed by atoms with Gasteiger partial charge in [0.1, 0.15) is 18.4 Å². The Morgan fingerprint density at radius 2 is 1.62 bits per heavy atom. The molecular formula is C28H29Cl3FN3O4S. The summed E-state index contributed by atoms with van der Waals surface area (Å²) in [5, 5.41) is 3.22. The number of rotatable bonds is 11. The van der Waals surface area contributed by atoms with Crippen LogP contribution in [0.3, 0.4) is 0 Å². The molecule has 0 fully saturated rings. The van der Waals surface area contributed by atoms with E-state index >= 15 is 0 Å². The minimum Gasteiger partial charge on any atom is -0.352 e. The molecule has 0 spiro atoms. The van der Waals surface area contributed by atoms with Gasteiger partial charge in [-0.15, -0.1) is 0 Å². The Bertz CT molecular complexity index is 1470. The van der Waals surface area contributed by atoms with Crippen LogP contribution in [0.1, 0.15) is 25.0 Å². The van der Waals surface area contributed by atoms with Crippen LogP contribution in [-0.2, 0) is 32.6 Å². The van der Waals surface area contributed by atoms with Crippen LogP contribution in [0.25, 0.3) is 0 Å². The van der Waals surface area contributed by atoms with Gasteiger partial charge < -0.3 is 10.2 Å². The number of benzene rings is 3. The molecule has 0 bridgehead atoms. The highest BCUT2D eigenvalue weighted by Crippen LogP contribution is 2.27. The van der Waals surface area contributed by atoms with Crippen LogP contribution in [0.4, 0.5) is 10.1 Å². The van der Waals surface area contributed by atoms with Crippen LogP contribution < -0.4 is 9.62 Å². The van der Waals surface area contributed by atoms with Crippen molar-refractivity contribution in [3.8, 4) is 0 Å². The number of halogens is 4. The fourth-order valence-electron chi connectivity index (χ4n) is 4.02. The van der Waals surface area contributed by atoms with E-state index in [1.54, 1.807) is 26.0 Å². The van der Waals surface area contributed by atoms with Gasteiger partial charge in [0.2, 0.25) is 21.8 Å². The molecule has 2 amide bonds. The first-order chi connectivity index (χ1) is 18.8. The van der Waals surface area contributed by atoms with Gasteiger partial charge in [-0.3, -0.25) is 13.9 Å². The van der Waals surface area contributed by atoms with Crippen molar-refractivity contribution < 1.29 is 22.4 Å². The predicted molar refractivity (Wildman–Crippen MR) is 158 cm³/mol. The van der Waals surface area contributed by atoms with Gasteiger partial charge in [0.15, 0.2) is 0 Å². The lowest BCUT2D eigenvalue weighted by Crippen LogP contribution is -2.54. The van der Waals surface area contributed by atoms with Gasteiger partial charge in [-0.1, -0.05) is 71.2 Å². The number of anilines is 1. The number of carbonyl (C=O) groups is 2. The highest BCUT2D eigenvalue weighted by atomic mass is 35.5. The lowest BCUT2D eigenvalue weighted by atomic mass is 10.0. The summed E-state index contributed by atoms with van der Waals surface area (Å²) in [7, 11) is -4.03. The number of sulfonamides is 1. The third-order valence-electron chi connectivity index (χ3n) is 5.93. The summed E-state index contributed by atoms with van der Waals surface area (Å²) >= 11 is 18.4. The van der Waals surface area contributed by atoms with Gasteiger partial charge in [-0.2, -0.15) is 0 Å². The number of amides is 2. The van der Waals surface area contributed by atoms with Crippen molar-refractivity contribution in [2.45, 2.75) is 38.9 Å². The van der Waals surface area contributed by atoms with Crippen molar-refractivity contribution in [2.75, 3.05) is 17.1 Å². The lowest BCUT2D eigenvalue weighted by Gasteiger charge is -2.34. The molecule has 3 aromatic carbocycles. The minimum absolute atomic E-state index is 0.00188. The molecule has 0 unspecified atom stereocenters. The lowest BCUT2D eigenvalue weighted by molar-refractivity contribution is -0.140. The van der Waals surface area contributed by atoms with E-state index in [2.05, 4.69) is 5.32 Å². The Morgan fingerprint density at radius 3 is 2.20 bits per heavy atom. The Kier molecular flexibility index (Phi) is 10.8. The Hall–Kier alpha value is -2.85. The zero-order valence-electron chi connectivity index (χ0n) is 22.1. The molecule has 0 aliphatic heterocycles. The molecule has 0 aliphatic carbocycles. The van der Waals surface area contributed by atoms with E-state index in [0.717, 1.165) is 28.3 Å². The maximum atomic E-state index is 14.0. The van der Waals surface area contributed by atoms with Crippen molar-refractivity contribution in [3.05, 3.63) is 98.7 Å². The van der Waals surface area contributed by atoms with Crippen LogP contribution in [0.2, 0.25) is 15.1 Å². The molecular weight excluding hydrogens is 600 g/mol. The third kappa shape index (κ3) is 8.57. The number of carbonyl (C=O) groups excluding carboxylic acids is 2. The van der Waals surface area contributed by atoms with Gasteiger partial charge in [-0.25, -0.2) is 12.8 Å². The Balaban J connectivity index is 2.09. The zero-order chi connectivity index (χ0) is 29.6. The molecule has 1 atom stereocenters. The van der Waals surface area contributed by atoms with Gasteiger partial charge in [0, 0.05) is 29.1 Å². The molecule has 0 saturated heterocycles. The Labute approximate surface area is 248 Å². The van der Waals surface area contributed by atoms with Crippen molar-refractivity contribution >= 4 is 62.3 Å². The van der Waals surface area contributed by atoms with Crippen LogP contribution in [0.15, 0.2) is 66.7 Å². The molecule has 3 aromatic rings. The first-order valence-corrected chi connectivity index (χ1v) is 15.2. The normalized spacial score (nSPS) is 12.2. The number of nitrogens with one attached hydrogen (secondary N) is 1. The van der Waals surface area contributed by atoms with Gasteiger partial charge >= 0.3 is 0 Å². The number of hydrogen-bond acceptors (Lipinski definition) is 4. The fraction of sp³-hybridized carbons (Fsp3) is 0.286. The van der Waals surface area contributed by atoms with E-state index in [-0.39, 0.29) is 34.7 Å². The van der Waals surface area contributed by atoms with Crippen LogP contribution in [0.5, 0.6) is 0 Å². The summed E-state index contributed by atoms with van der Waals surface area (Å²) < 4.78 is 40.2. The molecule has 12 heteroatoms. The average Bonchev–Trinajstić information content (AvgIpc) is 2.87. The van der Waals surface area contributed by atoms with Gasteiger partial charge in [0.25, 0.3) is 0 Å². The summed E-state index contributed by atoms with van der Waals surface area (Å²) in [5.74, 6) is -1.85. The van der Waals surface area contributed by atoms with E-state index in [9.17, 15) is 22.4 Å². The van der Waals surface area contributed by atoms with E-state index in [1.165, 1.54) is 17.0 Å². The predicted octanol–water partition coefficient (Wildman–Crippen LogP) is 5.72. The van der Waals surface area contributed by atoms with Gasteiger partial charge in [-0.05, 0) is 55.3 Å². The first-order valence-electron chi connectivity index (χ1n) is 12.3. The maximum absolute atomic E-state index is 14.0. The summed E-state index contributed by atoms with van der Waals surface area (Å²) in [5.41, 5.74) is 1.29. The highest BCUT2D eigenvalue weighted by molar-refractivity contribution is 7.92. The minimum atomic E-state index is -4.03. The van der Waals surface area contributed by atoms with Crippen molar-refractivity contribution in [1.82, 2.24) is 10.2 Å². The van der Waals surface area contributed by atoms with E-state index in [1.807, 2.05) is 30.3 Å². The van der Waals surface area contributed by atoms with Crippen LogP contribution in [0, 0.1) is 5.82 Å². The molecule has 0 radical (unpaired) electrons. The SMILES string of the molecule is CC(C)NC(=O)[C@@H](Cc1ccccc1)N(Cc1ccc(Cl)cc1Cl)C(=O)CN(c1ccc(F)c(Cl)c1)S(C)(=O)=O. The fourth-order valence-corrected chi connectivity index (χ4v) is 5.51. The molecule has 214 valence electrons. The standard InChI is InChI=1S/C28H29Cl3FN3O4S/c1-18(2)33-28(37)26(13-19-7-5-4-6-8-19)34(16-20-9-10-21(29)14-23(20)30)27(36)17-35(40(3,38)39)22-11-12-25(32)24(31)15-22/h4-12,14-15,18,26H,13,16-17H2,1-3H3,(H,33,37)/t26-/m1/s1. The smallest absolute Gasteiger partial charge is 0.244 e. The van der Waals surface area contributed by atoms with Crippen molar-refractivity contribution in [3.63, 3.8) is 0 Å². The van der Waals surface area contributed by atoms with E-state index in [4.69, 9.17) is 34.8 Å². The molecule has 3 rings (SSSR count). The molecule has 0 aromatic heterocycles. The quantitative estimate of drug-likeness (QED) is 0.295. The average molecular weight is 629 g/mol. The third-order valence-corrected chi connectivity index (χ3v) is 7.95. The second-order valence-electron chi connectivity index (χ2n) is 9.49. The van der Waals surface area contributed by atoms with E-state index in [0.29, 0.717) is 10.6 Å². The van der Waals surface area contributed by atoms with Gasteiger partial charge in [0.05, 0.1) is 17.0 Å². The zero-order valence-corrected chi connectivity index (χ0v) is 25.2. The first kappa shape index (κ1) is 31.7. The molecule has 7 nitrogen and oxygen atoms in total. The van der Waals surface area contributed by atoms with Crippen LogP contribution >= 0.6 is 34.8 Å². The van der Waals surface area contributed by atoms with Crippen LogP contribution in [-0.4, -0.2) is 50.0 Å². The maximum Gasteiger partial charge on any atom is 0.244 e. The van der Waals surface area contributed by atoms with Crippen molar-refractivity contribution in [2.24, 2.45) is 0 Å². The molecule has 0 heterocycles. The largest absolute Gasteiger partial charge is 0.352 e. The van der Waals surface area contributed by atoms with Crippen molar-refractivity contribution in [1.29, 1.82) is 0 Å². The Morgan fingerprint density at radius 1 is 0.950 bits per heavy atom. The summed E-state index contributed by atoms with van der Waals surface area (Å²) in [6.45, 7) is 2.80. The second-order valence-corrected chi connectivity index (χ2v) is 12.7. The molecule has 0 aliphatic rings. The molecule has 0 saturated carbocycles. The second kappa shape index (κ2) is 13.7. The monoisotopic (exact) mass is 627 g/mol.